The molecule has 0 saturated heterocycles. The molecule has 1 aromatic carbocycles. The highest BCUT2D eigenvalue weighted by atomic mass is 32.1. The van der Waals surface area contributed by atoms with E-state index in [2.05, 4.69) is 32.4 Å². The molecular formula is C16H20N4OS. The van der Waals surface area contributed by atoms with Crippen LogP contribution in [-0.4, -0.2) is 32.0 Å². The number of para-hydroxylation sites is 1. The van der Waals surface area contributed by atoms with E-state index in [1.165, 1.54) is 4.88 Å². The predicted molar refractivity (Wildman–Crippen MR) is 92.5 cm³/mol. The molecule has 0 atom stereocenters. The van der Waals surface area contributed by atoms with Gasteiger partial charge in [-0.15, -0.1) is 11.3 Å². The van der Waals surface area contributed by atoms with Gasteiger partial charge in [-0.1, -0.05) is 24.3 Å². The molecule has 22 heavy (non-hydrogen) atoms. The lowest BCUT2D eigenvalue weighted by molar-refractivity contribution is -0.115. The van der Waals surface area contributed by atoms with Gasteiger partial charge in [0.1, 0.15) is 0 Å². The summed E-state index contributed by atoms with van der Waals surface area (Å²) in [5, 5.41) is 11.1. The van der Waals surface area contributed by atoms with Crippen LogP contribution in [0.1, 0.15) is 4.88 Å². The second kappa shape index (κ2) is 8.84. The van der Waals surface area contributed by atoms with Crippen molar-refractivity contribution in [3.63, 3.8) is 0 Å². The van der Waals surface area contributed by atoms with Gasteiger partial charge in [0.15, 0.2) is 5.96 Å². The Labute approximate surface area is 134 Å². The summed E-state index contributed by atoms with van der Waals surface area (Å²) >= 11 is 1.74. The summed E-state index contributed by atoms with van der Waals surface area (Å²) in [6, 6.07) is 13.5. The number of anilines is 1. The number of amides is 1. The van der Waals surface area contributed by atoms with Crippen LogP contribution in [0.4, 0.5) is 5.69 Å². The van der Waals surface area contributed by atoms with Gasteiger partial charge in [-0.25, -0.2) is 0 Å². The third-order valence-corrected chi connectivity index (χ3v) is 3.88. The fourth-order valence-corrected chi connectivity index (χ4v) is 2.58. The summed E-state index contributed by atoms with van der Waals surface area (Å²) in [5.41, 5.74) is 0.787. The summed E-state index contributed by atoms with van der Waals surface area (Å²) in [4.78, 5) is 17.3. The van der Waals surface area contributed by atoms with Crippen molar-refractivity contribution in [2.24, 2.45) is 4.99 Å². The second-order valence-corrected chi connectivity index (χ2v) is 5.63. The molecule has 2 rings (SSSR count). The molecule has 0 fully saturated rings. The fourth-order valence-electron chi connectivity index (χ4n) is 1.87. The number of carbonyl (C=O) groups is 1. The van der Waals surface area contributed by atoms with Crippen molar-refractivity contribution in [3.05, 3.63) is 52.7 Å². The number of aliphatic imine (C=N–C) groups is 1. The Bertz CT molecular complexity index is 596. The zero-order valence-corrected chi connectivity index (χ0v) is 13.3. The molecule has 3 N–H and O–H groups in total. The molecule has 0 unspecified atom stereocenters. The molecule has 1 aromatic heterocycles. The predicted octanol–water partition coefficient (Wildman–Crippen LogP) is 2.09. The Hall–Kier alpha value is -2.34. The van der Waals surface area contributed by atoms with Gasteiger partial charge >= 0.3 is 0 Å². The van der Waals surface area contributed by atoms with E-state index >= 15 is 0 Å². The molecule has 0 aliphatic heterocycles. The van der Waals surface area contributed by atoms with Crippen LogP contribution in [0, 0.1) is 0 Å². The zero-order chi connectivity index (χ0) is 15.6. The van der Waals surface area contributed by atoms with E-state index in [0.717, 1.165) is 18.7 Å². The van der Waals surface area contributed by atoms with Gasteiger partial charge in [-0.2, -0.15) is 0 Å². The average molecular weight is 316 g/mol. The standard InChI is InChI=1S/C16H20N4OS/c1-17-16(18-10-9-14-8-5-11-22-14)19-12-15(21)20-13-6-3-2-4-7-13/h2-8,11H,9-10,12H2,1H3,(H,20,21)(H2,17,18,19). The van der Waals surface area contributed by atoms with Gasteiger partial charge in [0.25, 0.3) is 0 Å². The Morgan fingerprint density at radius 1 is 1.14 bits per heavy atom. The van der Waals surface area contributed by atoms with Crippen molar-refractivity contribution in [1.82, 2.24) is 10.6 Å². The summed E-state index contributed by atoms with van der Waals surface area (Å²) in [6.07, 6.45) is 0.939. The maximum atomic E-state index is 11.8. The quantitative estimate of drug-likeness (QED) is 0.565. The second-order valence-electron chi connectivity index (χ2n) is 4.60. The maximum absolute atomic E-state index is 11.8. The molecule has 0 radical (unpaired) electrons. The first-order valence-corrected chi connectivity index (χ1v) is 7.97. The zero-order valence-electron chi connectivity index (χ0n) is 12.5. The highest BCUT2D eigenvalue weighted by molar-refractivity contribution is 7.09. The van der Waals surface area contributed by atoms with Crippen molar-refractivity contribution in [2.75, 3.05) is 25.5 Å². The van der Waals surface area contributed by atoms with Gasteiger partial charge in [-0.05, 0) is 30.0 Å². The third-order valence-electron chi connectivity index (χ3n) is 2.94. The van der Waals surface area contributed by atoms with Crippen molar-refractivity contribution < 1.29 is 4.79 Å². The van der Waals surface area contributed by atoms with E-state index in [1.54, 1.807) is 18.4 Å². The van der Waals surface area contributed by atoms with Gasteiger partial charge in [0, 0.05) is 24.2 Å². The molecule has 1 amide bonds. The third kappa shape index (κ3) is 5.57. The molecule has 0 saturated carbocycles. The first-order valence-electron chi connectivity index (χ1n) is 7.10. The lowest BCUT2D eigenvalue weighted by Gasteiger charge is -2.11. The number of benzene rings is 1. The number of thiophene rings is 1. The average Bonchev–Trinajstić information content (AvgIpc) is 3.05. The molecule has 6 heteroatoms. The topological polar surface area (TPSA) is 65.5 Å². The van der Waals surface area contributed by atoms with E-state index < -0.39 is 0 Å². The van der Waals surface area contributed by atoms with Crippen LogP contribution < -0.4 is 16.0 Å². The first kappa shape index (κ1) is 16.0. The molecular weight excluding hydrogens is 296 g/mol. The van der Waals surface area contributed by atoms with E-state index in [0.29, 0.717) is 5.96 Å². The van der Waals surface area contributed by atoms with Crippen molar-refractivity contribution >= 4 is 28.9 Å². The van der Waals surface area contributed by atoms with E-state index in [9.17, 15) is 4.79 Å². The molecule has 0 aliphatic carbocycles. The SMILES string of the molecule is CN=C(NCCc1cccs1)NCC(=O)Nc1ccccc1. The molecule has 1 heterocycles. The summed E-state index contributed by atoms with van der Waals surface area (Å²) in [6.45, 7) is 0.952. The van der Waals surface area contributed by atoms with E-state index in [-0.39, 0.29) is 12.5 Å². The largest absolute Gasteiger partial charge is 0.356 e. The Morgan fingerprint density at radius 3 is 2.64 bits per heavy atom. The monoisotopic (exact) mass is 316 g/mol. The first-order chi connectivity index (χ1) is 10.8. The number of guanidine groups is 1. The van der Waals surface area contributed by atoms with Gasteiger partial charge in [0.05, 0.1) is 6.54 Å². The summed E-state index contributed by atoms with van der Waals surface area (Å²) < 4.78 is 0. The van der Waals surface area contributed by atoms with Gasteiger partial charge in [0.2, 0.25) is 5.91 Å². The molecule has 0 spiro atoms. The van der Waals surface area contributed by atoms with Gasteiger partial charge < -0.3 is 16.0 Å². The highest BCUT2D eigenvalue weighted by Gasteiger charge is 2.04. The van der Waals surface area contributed by atoms with Crippen molar-refractivity contribution in [2.45, 2.75) is 6.42 Å². The Kier molecular flexibility index (Phi) is 6.44. The maximum Gasteiger partial charge on any atom is 0.243 e. The number of nitrogens with one attached hydrogen (secondary N) is 3. The summed E-state index contributed by atoms with van der Waals surface area (Å²) in [5.74, 6) is 0.521. The van der Waals surface area contributed by atoms with Crippen LogP contribution in [0.15, 0.2) is 52.8 Å². The van der Waals surface area contributed by atoms with Crippen LogP contribution in [0.3, 0.4) is 0 Å². The van der Waals surface area contributed by atoms with Crippen LogP contribution in [0.25, 0.3) is 0 Å². The number of hydrogen-bond acceptors (Lipinski definition) is 3. The van der Waals surface area contributed by atoms with Gasteiger partial charge in [-0.3, -0.25) is 9.79 Å². The highest BCUT2D eigenvalue weighted by Crippen LogP contribution is 2.08. The lowest BCUT2D eigenvalue weighted by Crippen LogP contribution is -2.42. The molecule has 0 bridgehead atoms. The Balaban J connectivity index is 1.68. The van der Waals surface area contributed by atoms with Crippen LogP contribution in [0.2, 0.25) is 0 Å². The normalized spacial score (nSPS) is 11.0. The van der Waals surface area contributed by atoms with Crippen LogP contribution in [0.5, 0.6) is 0 Å². The lowest BCUT2D eigenvalue weighted by atomic mass is 10.3. The van der Waals surface area contributed by atoms with Crippen molar-refractivity contribution in [1.29, 1.82) is 0 Å². The number of rotatable bonds is 6. The number of nitrogens with zero attached hydrogens (tertiary/aromatic N) is 1. The smallest absolute Gasteiger partial charge is 0.243 e. The van der Waals surface area contributed by atoms with E-state index in [1.807, 2.05) is 36.4 Å². The molecule has 5 nitrogen and oxygen atoms in total. The van der Waals surface area contributed by atoms with Crippen molar-refractivity contribution in [3.8, 4) is 0 Å². The Morgan fingerprint density at radius 2 is 1.95 bits per heavy atom. The molecule has 0 aliphatic rings. The molecule has 116 valence electrons. The minimum Gasteiger partial charge on any atom is -0.356 e. The van der Waals surface area contributed by atoms with E-state index in [4.69, 9.17) is 0 Å². The van der Waals surface area contributed by atoms with Crippen LogP contribution in [-0.2, 0) is 11.2 Å². The number of carbonyl (C=O) groups excluding carboxylic acids is 1. The summed E-state index contributed by atoms with van der Waals surface area (Å²) in [7, 11) is 1.69. The minimum absolute atomic E-state index is 0.104. The van der Waals surface area contributed by atoms with Crippen LogP contribution >= 0.6 is 11.3 Å². The fraction of sp³-hybridized carbons (Fsp3) is 0.250. The molecule has 2 aromatic rings. The minimum atomic E-state index is -0.104. The number of hydrogen-bond donors (Lipinski definition) is 3.